The van der Waals surface area contributed by atoms with Crippen LogP contribution in [0.1, 0.15) is 121 Å². The minimum Gasteiger partial charge on any atom is -0.508 e. The van der Waals surface area contributed by atoms with Crippen LogP contribution in [0.2, 0.25) is 0 Å². The topological polar surface area (TPSA) is 83.8 Å². The third kappa shape index (κ3) is 6.08. The highest BCUT2D eigenvalue weighted by molar-refractivity contribution is 5.66. The largest absolute Gasteiger partial charge is 0.508 e. The van der Waals surface area contributed by atoms with Crippen LogP contribution in [0.15, 0.2) is 18.2 Å². The number of aromatic hydroxyl groups is 1. The Kier molecular flexibility index (Phi) is 9.00. The summed E-state index contributed by atoms with van der Waals surface area (Å²) in [5, 5.41) is 18.9. The third-order valence-electron chi connectivity index (χ3n) is 9.82. The number of unbranched alkanes of at least 4 members (excludes halogenated alkanes) is 7. The molecule has 0 bridgehead atoms. The Hall–Kier alpha value is -2.04. The molecule has 0 spiro atoms. The number of aliphatic carboxylic acids is 1. The van der Waals surface area contributed by atoms with E-state index in [1.807, 2.05) is 12.1 Å². The summed E-state index contributed by atoms with van der Waals surface area (Å²) in [7, 11) is 0. The molecule has 5 heteroatoms. The fourth-order valence-electron chi connectivity index (χ4n) is 8.15. The first-order chi connectivity index (χ1) is 17.3. The number of esters is 1. The molecule has 2 fully saturated rings. The number of benzene rings is 1. The van der Waals surface area contributed by atoms with Gasteiger partial charge in [0, 0.05) is 18.8 Å². The number of carboxylic acid groups (broad SMARTS) is 1. The van der Waals surface area contributed by atoms with Crippen LogP contribution in [0.25, 0.3) is 0 Å². The van der Waals surface area contributed by atoms with E-state index in [1.165, 1.54) is 49.7 Å². The molecule has 0 aromatic heterocycles. The molecule has 0 aliphatic heterocycles. The number of hydrogen-bond acceptors (Lipinski definition) is 4. The molecule has 0 heterocycles. The van der Waals surface area contributed by atoms with Crippen LogP contribution in [0.5, 0.6) is 5.75 Å². The summed E-state index contributed by atoms with van der Waals surface area (Å²) in [6, 6.07) is 6.05. The zero-order chi connectivity index (χ0) is 25.7. The summed E-state index contributed by atoms with van der Waals surface area (Å²) in [5.41, 5.74) is 2.89. The van der Waals surface area contributed by atoms with Crippen molar-refractivity contribution in [1.82, 2.24) is 0 Å². The average Bonchev–Trinajstić information content (AvgIpc) is 3.15. The minimum atomic E-state index is -0.685. The molecule has 1 aromatic carbocycles. The molecular weight excluding hydrogens is 452 g/mol. The van der Waals surface area contributed by atoms with E-state index < -0.39 is 5.97 Å². The molecule has 3 unspecified atom stereocenters. The van der Waals surface area contributed by atoms with E-state index in [0.717, 1.165) is 51.4 Å². The summed E-state index contributed by atoms with van der Waals surface area (Å²) in [6.45, 7) is 3.93. The Morgan fingerprint density at radius 1 is 1.00 bits per heavy atom. The maximum atomic E-state index is 11.8. The molecular formula is C31H46O5. The van der Waals surface area contributed by atoms with Crippen molar-refractivity contribution in [2.45, 2.75) is 122 Å². The van der Waals surface area contributed by atoms with Crippen LogP contribution < -0.4 is 0 Å². The second-order valence-corrected chi connectivity index (χ2v) is 12.1. The van der Waals surface area contributed by atoms with Crippen LogP contribution >= 0.6 is 0 Å². The Morgan fingerprint density at radius 3 is 2.39 bits per heavy atom. The Morgan fingerprint density at radius 2 is 1.69 bits per heavy atom. The van der Waals surface area contributed by atoms with E-state index in [2.05, 4.69) is 13.0 Å². The molecule has 0 saturated heterocycles. The van der Waals surface area contributed by atoms with Gasteiger partial charge in [-0.15, -0.1) is 0 Å². The van der Waals surface area contributed by atoms with Gasteiger partial charge in [0.2, 0.25) is 0 Å². The van der Waals surface area contributed by atoms with Crippen molar-refractivity contribution in [3.8, 4) is 5.75 Å². The van der Waals surface area contributed by atoms with Gasteiger partial charge in [0.05, 0.1) is 0 Å². The lowest BCUT2D eigenvalue weighted by molar-refractivity contribution is -0.155. The Bertz CT molecular complexity index is 910. The molecule has 200 valence electrons. The molecule has 36 heavy (non-hydrogen) atoms. The molecule has 5 nitrogen and oxygen atoms in total. The molecule has 0 amide bonds. The highest BCUT2D eigenvalue weighted by Gasteiger charge is 2.57. The van der Waals surface area contributed by atoms with Gasteiger partial charge >= 0.3 is 11.9 Å². The highest BCUT2D eigenvalue weighted by atomic mass is 16.5. The fourth-order valence-corrected chi connectivity index (χ4v) is 8.15. The van der Waals surface area contributed by atoms with Crippen molar-refractivity contribution in [1.29, 1.82) is 0 Å². The zero-order valence-corrected chi connectivity index (χ0v) is 22.3. The fraction of sp³-hybridized carbons (Fsp3) is 0.742. The molecule has 3 aliphatic carbocycles. The molecule has 3 aliphatic rings. The third-order valence-corrected chi connectivity index (χ3v) is 9.82. The van der Waals surface area contributed by atoms with Crippen LogP contribution in [0.4, 0.5) is 0 Å². The van der Waals surface area contributed by atoms with Gasteiger partial charge in [0.15, 0.2) is 0 Å². The van der Waals surface area contributed by atoms with E-state index in [-0.39, 0.29) is 17.5 Å². The summed E-state index contributed by atoms with van der Waals surface area (Å²) < 4.78 is 5.85. The van der Waals surface area contributed by atoms with E-state index >= 15 is 0 Å². The number of carboxylic acids is 1. The standard InChI is InChI=1S/C31H46O5/c1-21(32)36-28-16-15-27-30-22(11-9-7-5-3-4-6-8-10-12-29(34)35)19-23-20-24(33)13-14-25(23)26(30)17-18-31(27,28)2/h13-14,20,22,26-28,30,33H,3-12,15-19H2,1-2H3,(H,34,35)/t22-,26?,27?,28+,30?,31+/m1/s1. The van der Waals surface area contributed by atoms with Crippen molar-refractivity contribution < 1.29 is 24.5 Å². The molecule has 4 rings (SSSR count). The number of carbonyl (C=O) groups excluding carboxylic acids is 1. The normalized spacial score (nSPS) is 30.8. The quantitative estimate of drug-likeness (QED) is 0.232. The Balaban J connectivity index is 1.35. The van der Waals surface area contributed by atoms with E-state index in [9.17, 15) is 14.7 Å². The Labute approximate surface area is 217 Å². The summed E-state index contributed by atoms with van der Waals surface area (Å²) in [5.74, 6) is 1.96. The molecule has 2 saturated carbocycles. The van der Waals surface area contributed by atoms with E-state index in [1.54, 1.807) is 6.92 Å². The molecule has 2 N–H and O–H groups in total. The number of hydrogen-bond donors (Lipinski definition) is 2. The van der Waals surface area contributed by atoms with Crippen molar-refractivity contribution in [3.05, 3.63) is 29.3 Å². The maximum absolute atomic E-state index is 11.8. The first kappa shape index (κ1) is 27.0. The SMILES string of the molecule is CC(=O)O[C@H]1CCC2C3C(CC[C@@]21C)c1ccc(O)cc1C[C@H]3CCCCCCCCCCC(=O)O. The number of phenols is 1. The predicted octanol–water partition coefficient (Wildman–Crippen LogP) is 7.39. The van der Waals surface area contributed by atoms with Crippen LogP contribution in [0, 0.1) is 23.2 Å². The van der Waals surface area contributed by atoms with Gasteiger partial charge in [-0.3, -0.25) is 9.59 Å². The molecule has 1 aromatic rings. The lowest BCUT2D eigenvalue weighted by Crippen LogP contribution is -2.48. The van der Waals surface area contributed by atoms with Crippen molar-refractivity contribution in [3.63, 3.8) is 0 Å². The van der Waals surface area contributed by atoms with Crippen LogP contribution in [0.3, 0.4) is 0 Å². The van der Waals surface area contributed by atoms with Crippen molar-refractivity contribution in [2.75, 3.05) is 0 Å². The van der Waals surface area contributed by atoms with Gasteiger partial charge in [0.1, 0.15) is 11.9 Å². The number of fused-ring (bicyclic) bond motifs is 5. The van der Waals surface area contributed by atoms with E-state index in [4.69, 9.17) is 9.84 Å². The second kappa shape index (κ2) is 12.0. The second-order valence-electron chi connectivity index (χ2n) is 12.1. The predicted molar refractivity (Wildman–Crippen MR) is 141 cm³/mol. The van der Waals surface area contributed by atoms with Gasteiger partial charge in [-0.25, -0.2) is 0 Å². The highest BCUT2D eigenvalue weighted by Crippen LogP contribution is 2.63. The van der Waals surface area contributed by atoms with E-state index in [0.29, 0.717) is 35.8 Å². The first-order valence-corrected chi connectivity index (χ1v) is 14.5. The first-order valence-electron chi connectivity index (χ1n) is 14.5. The number of rotatable bonds is 12. The lowest BCUT2D eigenvalue weighted by Gasteiger charge is -2.53. The lowest BCUT2D eigenvalue weighted by atomic mass is 9.52. The van der Waals surface area contributed by atoms with Gasteiger partial charge in [-0.05, 0) is 91.9 Å². The van der Waals surface area contributed by atoms with Crippen molar-refractivity contribution >= 4 is 11.9 Å². The number of ether oxygens (including phenoxy) is 1. The van der Waals surface area contributed by atoms with Gasteiger partial charge in [-0.1, -0.05) is 57.9 Å². The summed E-state index contributed by atoms with van der Waals surface area (Å²) >= 11 is 0. The summed E-state index contributed by atoms with van der Waals surface area (Å²) in [6.07, 6.45) is 16.2. The summed E-state index contributed by atoms with van der Waals surface area (Å²) in [4.78, 5) is 22.4. The molecule has 0 radical (unpaired) electrons. The smallest absolute Gasteiger partial charge is 0.303 e. The van der Waals surface area contributed by atoms with Crippen LogP contribution in [-0.4, -0.2) is 28.3 Å². The maximum Gasteiger partial charge on any atom is 0.303 e. The minimum absolute atomic E-state index is 0.0540. The number of phenolic OH excluding ortho intramolecular Hbond substituents is 1. The molecule has 6 atom stereocenters. The van der Waals surface area contributed by atoms with Gasteiger partial charge < -0.3 is 14.9 Å². The van der Waals surface area contributed by atoms with Crippen molar-refractivity contribution in [2.24, 2.45) is 23.2 Å². The monoisotopic (exact) mass is 498 g/mol. The van der Waals surface area contributed by atoms with Crippen LogP contribution in [-0.2, 0) is 20.7 Å². The van der Waals surface area contributed by atoms with Gasteiger partial charge in [-0.2, -0.15) is 0 Å². The van der Waals surface area contributed by atoms with Gasteiger partial charge in [0.25, 0.3) is 0 Å². The average molecular weight is 499 g/mol. The zero-order valence-electron chi connectivity index (χ0n) is 22.3. The number of carbonyl (C=O) groups is 2.